The molecule has 0 saturated carbocycles. The van der Waals surface area contributed by atoms with E-state index >= 15 is 0 Å². The SMILES string of the molecule is COC(=O)Cc1cc(O)c2c(O)c3c(c(OC)c2c1C(=O)OC)C(=O)c1ccccc1C3=O. The summed E-state index contributed by atoms with van der Waals surface area (Å²) in [5.41, 5.74) is -0.625. The molecule has 4 rings (SSSR count). The molecule has 3 aromatic carbocycles. The van der Waals surface area contributed by atoms with Gasteiger partial charge in [-0.15, -0.1) is 0 Å². The minimum atomic E-state index is -0.911. The van der Waals surface area contributed by atoms with Gasteiger partial charge in [0.15, 0.2) is 11.6 Å². The molecule has 0 unspecified atom stereocenters. The molecule has 168 valence electrons. The van der Waals surface area contributed by atoms with E-state index in [-0.39, 0.29) is 49.9 Å². The summed E-state index contributed by atoms with van der Waals surface area (Å²) in [6.45, 7) is 0. The van der Waals surface area contributed by atoms with Gasteiger partial charge in [-0.1, -0.05) is 24.3 Å². The summed E-state index contributed by atoms with van der Waals surface area (Å²) in [7, 11) is 3.49. The van der Waals surface area contributed by atoms with Crippen LogP contribution >= 0.6 is 0 Å². The van der Waals surface area contributed by atoms with Crippen LogP contribution in [0.1, 0.15) is 47.8 Å². The first-order chi connectivity index (χ1) is 15.8. The Morgan fingerprint density at radius 2 is 1.48 bits per heavy atom. The number of aromatic hydroxyl groups is 2. The molecule has 0 aromatic heterocycles. The number of ether oxygens (including phenoxy) is 3. The summed E-state index contributed by atoms with van der Waals surface area (Å²) in [6.07, 6.45) is -0.416. The minimum absolute atomic E-state index is 0.0198. The van der Waals surface area contributed by atoms with E-state index in [2.05, 4.69) is 4.74 Å². The Balaban J connectivity index is 2.22. The molecule has 9 heteroatoms. The van der Waals surface area contributed by atoms with Crippen LogP contribution in [0.15, 0.2) is 30.3 Å². The molecule has 33 heavy (non-hydrogen) atoms. The van der Waals surface area contributed by atoms with E-state index in [4.69, 9.17) is 9.47 Å². The lowest BCUT2D eigenvalue weighted by Crippen LogP contribution is -2.23. The monoisotopic (exact) mass is 450 g/mol. The number of ketones is 2. The number of hydrogen-bond acceptors (Lipinski definition) is 9. The number of carbonyl (C=O) groups is 4. The lowest BCUT2D eigenvalue weighted by molar-refractivity contribution is -0.139. The molecule has 3 aromatic rings. The van der Waals surface area contributed by atoms with Crippen LogP contribution < -0.4 is 4.74 Å². The minimum Gasteiger partial charge on any atom is -0.507 e. The van der Waals surface area contributed by atoms with Gasteiger partial charge in [-0.05, 0) is 11.6 Å². The van der Waals surface area contributed by atoms with E-state index in [1.165, 1.54) is 19.2 Å². The van der Waals surface area contributed by atoms with Crippen LogP contribution in [0.3, 0.4) is 0 Å². The maximum absolute atomic E-state index is 13.4. The Hall–Kier alpha value is -4.40. The zero-order chi connectivity index (χ0) is 24.0. The molecule has 0 fully saturated rings. The number of benzene rings is 3. The molecule has 0 spiro atoms. The van der Waals surface area contributed by atoms with E-state index in [0.29, 0.717) is 0 Å². The van der Waals surface area contributed by atoms with Crippen molar-refractivity contribution < 1.29 is 43.6 Å². The molecular weight excluding hydrogens is 432 g/mol. The van der Waals surface area contributed by atoms with Crippen molar-refractivity contribution in [1.29, 1.82) is 0 Å². The van der Waals surface area contributed by atoms with E-state index in [9.17, 15) is 29.4 Å². The molecule has 2 N–H and O–H groups in total. The quantitative estimate of drug-likeness (QED) is 0.449. The van der Waals surface area contributed by atoms with E-state index in [1.54, 1.807) is 12.1 Å². The van der Waals surface area contributed by atoms with Crippen molar-refractivity contribution in [1.82, 2.24) is 0 Å². The van der Waals surface area contributed by atoms with Crippen LogP contribution in [0.25, 0.3) is 10.8 Å². The number of rotatable bonds is 4. The summed E-state index contributed by atoms with van der Waals surface area (Å²) in [5, 5.41) is 21.4. The summed E-state index contributed by atoms with van der Waals surface area (Å²) in [6, 6.07) is 7.18. The van der Waals surface area contributed by atoms with Crippen LogP contribution in [0, 0.1) is 0 Å². The zero-order valence-electron chi connectivity index (χ0n) is 17.8. The van der Waals surface area contributed by atoms with Crippen LogP contribution in [0.2, 0.25) is 0 Å². The van der Waals surface area contributed by atoms with Gasteiger partial charge in [0, 0.05) is 16.5 Å². The van der Waals surface area contributed by atoms with Crippen molar-refractivity contribution in [2.24, 2.45) is 0 Å². The first-order valence-corrected chi connectivity index (χ1v) is 9.71. The smallest absolute Gasteiger partial charge is 0.338 e. The molecule has 0 atom stereocenters. The summed E-state index contributed by atoms with van der Waals surface area (Å²) < 4.78 is 15.0. The van der Waals surface area contributed by atoms with E-state index < -0.39 is 41.4 Å². The average Bonchev–Trinajstić information content (AvgIpc) is 2.81. The highest BCUT2D eigenvalue weighted by Gasteiger charge is 2.39. The predicted molar refractivity (Wildman–Crippen MR) is 114 cm³/mol. The third kappa shape index (κ3) is 3.08. The number of fused-ring (bicyclic) bond motifs is 3. The molecule has 0 radical (unpaired) electrons. The van der Waals surface area contributed by atoms with Crippen LogP contribution in [-0.2, 0) is 20.7 Å². The highest BCUT2D eigenvalue weighted by molar-refractivity contribution is 6.33. The zero-order valence-corrected chi connectivity index (χ0v) is 17.8. The Morgan fingerprint density at radius 3 is 2.03 bits per heavy atom. The molecule has 0 bridgehead atoms. The highest BCUT2D eigenvalue weighted by atomic mass is 16.5. The van der Waals surface area contributed by atoms with Gasteiger partial charge in [0.05, 0.1) is 49.8 Å². The van der Waals surface area contributed by atoms with E-state index in [1.807, 2.05) is 0 Å². The Kier molecular flexibility index (Phi) is 5.25. The van der Waals surface area contributed by atoms with Crippen molar-refractivity contribution in [3.63, 3.8) is 0 Å². The van der Waals surface area contributed by atoms with Gasteiger partial charge < -0.3 is 24.4 Å². The van der Waals surface area contributed by atoms with E-state index in [0.717, 1.165) is 20.3 Å². The van der Waals surface area contributed by atoms with Gasteiger partial charge >= 0.3 is 11.9 Å². The topological polar surface area (TPSA) is 136 Å². The number of hydrogen-bond donors (Lipinski definition) is 2. The molecule has 0 saturated heterocycles. The molecular formula is C24H18O9. The third-order valence-electron chi connectivity index (χ3n) is 5.59. The molecule has 0 aliphatic heterocycles. The van der Waals surface area contributed by atoms with Gasteiger partial charge in [-0.25, -0.2) is 4.79 Å². The fourth-order valence-corrected chi connectivity index (χ4v) is 4.16. The van der Waals surface area contributed by atoms with Crippen LogP contribution in [0.4, 0.5) is 0 Å². The van der Waals surface area contributed by atoms with Crippen molar-refractivity contribution in [3.8, 4) is 17.2 Å². The fraction of sp³-hybridized carbons (Fsp3) is 0.167. The second kappa shape index (κ2) is 7.94. The second-order valence-corrected chi connectivity index (χ2v) is 7.26. The van der Waals surface area contributed by atoms with Gasteiger partial charge in [-0.3, -0.25) is 14.4 Å². The molecule has 1 aliphatic rings. The van der Waals surface area contributed by atoms with Crippen LogP contribution in [-0.4, -0.2) is 55.0 Å². The Labute approximate surface area is 187 Å². The van der Waals surface area contributed by atoms with Crippen molar-refractivity contribution in [2.75, 3.05) is 21.3 Å². The number of methoxy groups -OCH3 is 3. The molecule has 1 aliphatic carbocycles. The second-order valence-electron chi connectivity index (χ2n) is 7.26. The summed E-state index contributed by atoms with van der Waals surface area (Å²) in [5.74, 6) is -4.31. The highest BCUT2D eigenvalue weighted by Crippen LogP contribution is 2.49. The maximum Gasteiger partial charge on any atom is 0.338 e. The number of esters is 2. The van der Waals surface area contributed by atoms with Crippen molar-refractivity contribution in [2.45, 2.75) is 6.42 Å². The standard InChI is InChI=1S/C24H18O9/c1-31-14(26)9-10-8-13(25)16-17(15(10)24(30)33-3)23(32-2)19-18(22(16)29)20(27)11-6-4-5-7-12(11)21(19)28/h4-8,25,29H,9H2,1-3H3. The third-order valence-corrected chi connectivity index (χ3v) is 5.59. The Morgan fingerprint density at radius 1 is 0.879 bits per heavy atom. The predicted octanol–water partition coefficient (Wildman–Crippen LogP) is 2.54. The maximum atomic E-state index is 13.4. The average molecular weight is 450 g/mol. The normalized spacial score (nSPS) is 12.2. The van der Waals surface area contributed by atoms with Crippen LogP contribution in [0.5, 0.6) is 17.2 Å². The van der Waals surface area contributed by atoms with Gasteiger partial charge in [-0.2, -0.15) is 0 Å². The lowest BCUT2D eigenvalue weighted by atomic mass is 9.80. The molecule has 9 nitrogen and oxygen atoms in total. The first kappa shape index (κ1) is 21.8. The van der Waals surface area contributed by atoms with Gasteiger partial charge in [0.25, 0.3) is 0 Å². The molecule has 0 heterocycles. The lowest BCUT2D eigenvalue weighted by Gasteiger charge is -2.24. The summed E-state index contributed by atoms with van der Waals surface area (Å²) in [4.78, 5) is 51.3. The Bertz CT molecular complexity index is 1380. The van der Waals surface area contributed by atoms with Gasteiger partial charge in [0.2, 0.25) is 0 Å². The number of phenols is 2. The fourth-order valence-electron chi connectivity index (χ4n) is 4.16. The largest absolute Gasteiger partial charge is 0.507 e. The number of phenolic OH excluding ortho intramolecular Hbond substituents is 2. The molecule has 0 amide bonds. The van der Waals surface area contributed by atoms with Crippen molar-refractivity contribution in [3.05, 3.63) is 63.7 Å². The summed E-state index contributed by atoms with van der Waals surface area (Å²) >= 11 is 0. The first-order valence-electron chi connectivity index (χ1n) is 9.71. The van der Waals surface area contributed by atoms with Crippen molar-refractivity contribution >= 4 is 34.3 Å². The number of carbonyl (C=O) groups excluding carboxylic acids is 4. The van der Waals surface area contributed by atoms with Gasteiger partial charge in [0.1, 0.15) is 17.2 Å².